The van der Waals surface area contributed by atoms with Gasteiger partial charge in [-0.05, 0) is 89.7 Å². The molecule has 0 N–H and O–H groups in total. The number of hydrogen-bond acceptors (Lipinski definition) is 12. The molecule has 0 spiro atoms. The Morgan fingerprint density at radius 2 is 0.911 bits per heavy atom. The maximum atomic E-state index is 13.1. The standard InChI is InChI=1S/C27H36O9S6Si3/c1-43(22-19-33-42(32,37)27-17-11-6-12-18-27)34-44(2,23-20-38-40(28,29)25-13-7-4-8-14-25)36-45(3,35-43)24-21-39-41(30,31)26-15-9-5-10-16-26/h4-18H,19-24H2,1-3H3. The summed E-state index contributed by atoms with van der Waals surface area (Å²) in [5, 5.41) is 0. The van der Waals surface area contributed by atoms with Gasteiger partial charge in [-0.1, -0.05) is 54.6 Å². The maximum Gasteiger partial charge on any atom is 0.319 e. The lowest BCUT2D eigenvalue weighted by atomic mass is 10.4. The molecule has 0 saturated carbocycles. The second-order valence-corrected chi connectivity index (χ2v) is 32.5. The Hall–Kier alpha value is -0.879. The molecule has 3 aromatic carbocycles. The molecule has 0 amide bonds. The smallest absolute Gasteiger partial charge is 0.319 e. The van der Waals surface area contributed by atoms with Gasteiger partial charge in [0.2, 0.25) is 17.7 Å². The van der Waals surface area contributed by atoms with Crippen molar-refractivity contribution in [2.75, 3.05) is 18.1 Å². The molecule has 0 aliphatic carbocycles. The van der Waals surface area contributed by atoms with Crippen LogP contribution in [0.25, 0.3) is 0 Å². The summed E-state index contributed by atoms with van der Waals surface area (Å²) in [6, 6.07) is 26.1. The Balaban J connectivity index is 1.48. The van der Waals surface area contributed by atoms with E-state index in [1.54, 1.807) is 91.0 Å². The minimum Gasteiger partial charge on any atom is -0.416 e. The van der Waals surface area contributed by atoms with Gasteiger partial charge in [-0.15, -0.1) is 0 Å². The van der Waals surface area contributed by atoms with Crippen molar-refractivity contribution in [3.8, 4) is 0 Å². The normalized spacial score (nSPS) is 25.4. The Morgan fingerprint density at radius 1 is 0.578 bits per heavy atom. The Morgan fingerprint density at radius 3 is 1.29 bits per heavy atom. The van der Waals surface area contributed by atoms with Crippen LogP contribution in [0.1, 0.15) is 0 Å². The summed E-state index contributed by atoms with van der Waals surface area (Å²) in [5.74, 6) is 0.493. The summed E-state index contributed by atoms with van der Waals surface area (Å²) in [6.07, 6.45) is 0. The van der Waals surface area contributed by atoms with Crippen LogP contribution in [0.4, 0.5) is 0 Å². The van der Waals surface area contributed by atoms with Gasteiger partial charge in [0.1, 0.15) is 0 Å². The molecule has 1 aliphatic heterocycles. The van der Waals surface area contributed by atoms with Crippen molar-refractivity contribution in [2.45, 2.75) is 52.5 Å². The van der Waals surface area contributed by atoms with Crippen molar-refractivity contribution in [3.63, 3.8) is 0 Å². The first kappa shape index (κ1) is 36.9. The van der Waals surface area contributed by atoms with Gasteiger partial charge in [-0.2, -0.15) is 0 Å². The van der Waals surface area contributed by atoms with Crippen molar-refractivity contribution in [1.82, 2.24) is 0 Å². The summed E-state index contributed by atoms with van der Waals surface area (Å²) >= 11 is 5.28. The van der Waals surface area contributed by atoms with Crippen LogP contribution in [-0.2, 0) is 54.2 Å². The van der Waals surface area contributed by atoms with E-state index in [1.807, 2.05) is 19.6 Å². The summed E-state index contributed by atoms with van der Waals surface area (Å²) in [7, 11) is -17.7. The molecule has 4 rings (SSSR count). The average molecular weight is 781 g/mol. The molecule has 246 valence electrons. The fraction of sp³-hybridized carbons (Fsp3) is 0.333. The number of benzene rings is 3. The van der Waals surface area contributed by atoms with Gasteiger partial charge in [0.15, 0.2) is 8.77 Å². The molecule has 9 nitrogen and oxygen atoms in total. The third-order valence-corrected chi connectivity index (χ3v) is 30.6. The topological polar surface area (TPSA) is 122 Å². The minimum atomic E-state index is -3.57. The van der Waals surface area contributed by atoms with Gasteiger partial charge in [0, 0.05) is 28.7 Å². The van der Waals surface area contributed by atoms with Crippen LogP contribution in [0.5, 0.6) is 0 Å². The van der Waals surface area contributed by atoms with Gasteiger partial charge < -0.3 is 12.3 Å². The first-order chi connectivity index (χ1) is 21.1. The molecule has 3 unspecified atom stereocenters. The van der Waals surface area contributed by atoms with Crippen LogP contribution >= 0.6 is 21.6 Å². The zero-order chi connectivity index (χ0) is 32.8. The van der Waals surface area contributed by atoms with Crippen molar-refractivity contribution in [2.24, 2.45) is 0 Å². The molecular formula is C27H36O9S6Si3. The molecule has 3 aromatic rings. The zero-order valence-corrected chi connectivity index (χ0v) is 32.9. The summed E-state index contributed by atoms with van der Waals surface area (Å²) in [6.45, 7) is 5.72. The van der Waals surface area contributed by atoms with Gasteiger partial charge in [0.25, 0.3) is 0 Å². The molecule has 0 radical (unpaired) electrons. The third kappa shape index (κ3) is 10.6. The maximum absolute atomic E-state index is 13.1. The molecule has 1 heterocycles. The largest absolute Gasteiger partial charge is 0.416 e. The highest BCUT2D eigenvalue weighted by atomic mass is 33.1. The third-order valence-electron chi connectivity index (χ3n) is 6.78. The lowest BCUT2D eigenvalue weighted by Crippen LogP contribution is -2.67. The Bertz CT molecular complexity index is 1530. The molecular weight excluding hydrogens is 745 g/mol. The van der Waals surface area contributed by atoms with Crippen LogP contribution in [-0.4, -0.2) is 64.8 Å². The zero-order valence-electron chi connectivity index (χ0n) is 25.0. The number of hydrogen-bond donors (Lipinski definition) is 0. The predicted molar refractivity (Wildman–Crippen MR) is 191 cm³/mol. The van der Waals surface area contributed by atoms with Crippen molar-refractivity contribution >= 4 is 85.0 Å². The quantitative estimate of drug-likeness (QED) is 0.128. The Labute approximate surface area is 282 Å². The van der Waals surface area contributed by atoms with Crippen molar-refractivity contribution in [1.29, 1.82) is 0 Å². The van der Waals surface area contributed by atoms with Gasteiger partial charge >= 0.3 is 25.7 Å². The second kappa shape index (κ2) is 15.1. The van der Waals surface area contributed by atoms with Crippen LogP contribution in [0.15, 0.2) is 106 Å². The van der Waals surface area contributed by atoms with Crippen LogP contribution < -0.4 is 0 Å². The van der Waals surface area contributed by atoms with Gasteiger partial charge in [0.05, 0.1) is 21.3 Å². The molecule has 1 saturated heterocycles. The fourth-order valence-corrected chi connectivity index (χ4v) is 31.5. The SMILES string of the molecule is C[Si]1(CCOS(=O)(=S)c2ccccc2)O[Si](C)(CCSS(=O)(=O)c2ccccc2)O[Si](C)(CCSS(=O)(=O)c2ccccc2)O1. The molecule has 1 fully saturated rings. The minimum absolute atomic E-state index is 0.0309. The molecule has 0 bridgehead atoms. The highest BCUT2D eigenvalue weighted by Gasteiger charge is 2.56. The lowest BCUT2D eigenvalue weighted by molar-refractivity contribution is 0.218. The van der Waals surface area contributed by atoms with Crippen LogP contribution in [0.3, 0.4) is 0 Å². The Kier molecular flexibility index (Phi) is 12.4. The van der Waals surface area contributed by atoms with E-state index in [9.17, 15) is 21.0 Å². The molecule has 3 atom stereocenters. The van der Waals surface area contributed by atoms with Crippen LogP contribution in [0.2, 0.25) is 37.8 Å². The first-order valence-corrected chi connectivity index (χ1v) is 29.9. The van der Waals surface area contributed by atoms with E-state index in [2.05, 4.69) is 0 Å². The van der Waals surface area contributed by atoms with E-state index in [0.29, 0.717) is 23.0 Å². The van der Waals surface area contributed by atoms with E-state index >= 15 is 0 Å². The first-order valence-electron chi connectivity index (χ1n) is 14.0. The average Bonchev–Trinajstić information content (AvgIpc) is 2.97. The van der Waals surface area contributed by atoms with Crippen molar-refractivity contribution in [3.05, 3.63) is 91.0 Å². The van der Waals surface area contributed by atoms with Crippen molar-refractivity contribution < 1.29 is 37.6 Å². The summed E-state index contributed by atoms with van der Waals surface area (Å²) < 4.78 is 90.4. The number of rotatable bonds is 15. The highest BCUT2D eigenvalue weighted by molar-refractivity contribution is 8.72. The van der Waals surface area contributed by atoms with E-state index in [4.69, 9.17) is 27.7 Å². The molecule has 0 aromatic heterocycles. The predicted octanol–water partition coefficient (Wildman–Crippen LogP) is 6.25. The molecule has 45 heavy (non-hydrogen) atoms. The second-order valence-electron chi connectivity index (χ2n) is 10.7. The monoisotopic (exact) mass is 780 g/mol. The van der Waals surface area contributed by atoms with E-state index in [0.717, 1.165) is 21.6 Å². The molecule has 1 aliphatic rings. The summed E-state index contributed by atoms with van der Waals surface area (Å²) in [4.78, 5) is 0.870. The molecule has 18 heteroatoms. The van der Waals surface area contributed by atoms with Gasteiger partial charge in [-0.25, -0.2) is 21.0 Å². The van der Waals surface area contributed by atoms with E-state index in [-0.39, 0.29) is 27.9 Å². The van der Waals surface area contributed by atoms with Gasteiger partial charge in [-0.3, -0.25) is 4.18 Å². The van der Waals surface area contributed by atoms with Crippen LogP contribution in [0, 0.1) is 0 Å². The van der Waals surface area contributed by atoms with E-state index in [1.165, 1.54) is 0 Å². The highest BCUT2D eigenvalue weighted by Crippen LogP contribution is 2.39. The lowest BCUT2D eigenvalue weighted by Gasteiger charge is -2.50. The fourth-order valence-electron chi connectivity index (χ4n) is 4.71. The summed E-state index contributed by atoms with van der Waals surface area (Å²) in [5.41, 5.74) is 0. The van der Waals surface area contributed by atoms with E-state index < -0.39 is 52.2 Å².